The summed E-state index contributed by atoms with van der Waals surface area (Å²) >= 11 is 1.53. The number of carbonyl (C=O) groups excluding carboxylic acids is 1. The molecule has 1 amide bonds. The molecule has 1 aromatic carbocycles. The summed E-state index contributed by atoms with van der Waals surface area (Å²) in [5, 5.41) is 5.85. The van der Waals surface area contributed by atoms with E-state index in [4.69, 9.17) is 4.52 Å². The Hall–Kier alpha value is -2.54. The third-order valence-electron chi connectivity index (χ3n) is 3.55. The molecule has 3 aromatic rings. The molecule has 124 valence electrons. The maximum atomic E-state index is 13.6. The van der Waals surface area contributed by atoms with Gasteiger partial charge in [-0.1, -0.05) is 29.4 Å². The van der Waals surface area contributed by atoms with Crippen molar-refractivity contribution in [3.63, 3.8) is 0 Å². The molecule has 0 spiro atoms. The third-order valence-corrected chi connectivity index (χ3v) is 4.42. The van der Waals surface area contributed by atoms with E-state index in [2.05, 4.69) is 10.1 Å². The molecular formula is C17H16FN3O2S. The highest BCUT2D eigenvalue weighted by atomic mass is 32.1. The van der Waals surface area contributed by atoms with Crippen LogP contribution in [0.3, 0.4) is 0 Å². The summed E-state index contributed by atoms with van der Waals surface area (Å²) in [4.78, 5) is 18.9. The maximum absolute atomic E-state index is 13.6. The summed E-state index contributed by atoms with van der Waals surface area (Å²) in [6.45, 7) is 0.232. The van der Waals surface area contributed by atoms with Crippen molar-refractivity contribution >= 4 is 17.2 Å². The van der Waals surface area contributed by atoms with Gasteiger partial charge in [0.2, 0.25) is 17.6 Å². The van der Waals surface area contributed by atoms with E-state index in [1.54, 1.807) is 25.2 Å². The van der Waals surface area contributed by atoms with E-state index < -0.39 is 0 Å². The zero-order valence-corrected chi connectivity index (χ0v) is 13.9. The predicted molar refractivity (Wildman–Crippen MR) is 88.8 cm³/mol. The standard InChI is InChI=1S/C17H16FN3O2S/c1-21(11-12-5-2-3-6-13(12)18)16(22)9-8-15-19-17(20-23-15)14-7-4-10-24-14/h2-7,10H,8-9,11H2,1H3. The van der Waals surface area contributed by atoms with Gasteiger partial charge in [0, 0.05) is 32.0 Å². The lowest BCUT2D eigenvalue weighted by Gasteiger charge is -2.17. The van der Waals surface area contributed by atoms with E-state index in [-0.39, 0.29) is 24.7 Å². The van der Waals surface area contributed by atoms with E-state index >= 15 is 0 Å². The van der Waals surface area contributed by atoms with Crippen LogP contribution in [0.1, 0.15) is 17.9 Å². The van der Waals surface area contributed by atoms with Crippen molar-refractivity contribution in [2.24, 2.45) is 0 Å². The van der Waals surface area contributed by atoms with Gasteiger partial charge in [0.1, 0.15) is 5.82 Å². The minimum Gasteiger partial charge on any atom is -0.341 e. The van der Waals surface area contributed by atoms with Crippen LogP contribution in [0.15, 0.2) is 46.3 Å². The van der Waals surface area contributed by atoms with Crippen LogP contribution in [-0.4, -0.2) is 28.0 Å². The molecule has 0 saturated heterocycles. The number of hydrogen-bond donors (Lipinski definition) is 0. The largest absolute Gasteiger partial charge is 0.341 e. The lowest BCUT2D eigenvalue weighted by atomic mass is 10.2. The van der Waals surface area contributed by atoms with Crippen molar-refractivity contribution in [3.8, 4) is 10.7 Å². The number of aryl methyl sites for hydroxylation is 1. The lowest BCUT2D eigenvalue weighted by molar-refractivity contribution is -0.130. The Morgan fingerprint density at radius 1 is 1.29 bits per heavy atom. The third kappa shape index (κ3) is 3.86. The molecule has 0 fully saturated rings. The van der Waals surface area contributed by atoms with Gasteiger partial charge in [0.05, 0.1) is 4.88 Å². The van der Waals surface area contributed by atoms with Crippen LogP contribution >= 0.6 is 11.3 Å². The van der Waals surface area contributed by atoms with Crippen molar-refractivity contribution in [1.82, 2.24) is 15.0 Å². The molecule has 0 bridgehead atoms. The highest BCUT2D eigenvalue weighted by Crippen LogP contribution is 2.21. The molecule has 0 aliphatic carbocycles. The van der Waals surface area contributed by atoms with Gasteiger partial charge in [-0.2, -0.15) is 4.98 Å². The number of nitrogens with zero attached hydrogens (tertiary/aromatic N) is 3. The second-order valence-corrected chi connectivity index (χ2v) is 6.28. The Morgan fingerprint density at radius 2 is 2.12 bits per heavy atom. The maximum Gasteiger partial charge on any atom is 0.227 e. The summed E-state index contributed by atoms with van der Waals surface area (Å²) in [6, 6.07) is 10.3. The molecule has 0 atom stereocenters. The first-order valence-corrected chi connectivity index (χ1v) is 8.35. The molecule has 3 rings (SSSR count). The fourth-order valence-corrected chi connectivity index (χ4v) is 2.89. The summed E-state index contributed by atoms with van der Waals surface area (Å²) in [7, 11) is 1.65. The fraction of sp³-hybridized carbons (Fsp3) is 0.235. The number of amides is 1. The van der Waals surface area contributed by atoms with Gasteiger partial charge in [-0.3, -0.25) is 4.79 Å². The van der Waals surface area contributed by atoms with Gasteiger partial charge in [0.15, 0.2) is 0 Å². The van der Waals surface area contributed by atoms with Gasteiger partial charge < -0.3 is 9.42 Å². The minimum absolute atomic E-state index is 0.103. The number of halogens is 1. The smallest absolute Gasteiger partial charge is 0.227 e. The van der Waals surface area contributed by atoms with Crippen LogP contribution in [-0.2, 0) is 17.8 Å². The molecule has 2 heterocycles. The molecule has 0 saturated carbocycles. The second-order valence-electron chi connectivity index (χ2n) is 5.33. The van der Waals surface area contributed by atoms with Gasteiger partial charge in [-0.25, -0.2) is 4.39 Å². The Kier molecular flexibility index (Phi) is 5.00. The number of rotatable bonds is 6. The van der Waals surface area contributed by atoms with E-state index in [9.17, 15) is 9.18 Å². The highest BCUT2D eigenvalue weighted by Gasteiger charge is 2.15. The molecule has 0 aliphatic heterocycles. The van der Waals surface area contributed by atoms with Crippen molar-refractivity contribution in [3.05, 3.63) is 59.0 Å². The van der Waals surface area contributed by atoms with Crippen LogP contribution in [0.4, 0.5) is 4.39 Å². The van der Waals surface area contributed by atoms with Crippen LogP contribution in [0.5, 0.6) is 0 Å². The monoisotopic (exact) mass is 345 g/mol. The quantitative estimate of drug-likeness (QED) is 0.686. The fourth-order valence-electron chi connectivity index (χ4n) is 2.24. The van der Waals surface area contributed by atoms with Crippen LogP contribution < -0.4 is 0 Å². The van der Waals surface area contributed by atoms with Crippen molar-refractivity contribution in [2.45, 2.75) is 19.4 Å². The first-order valence-electron chi connectivity index (χ1n) is 7.47. The topological polar surface area (TPSA) is 59.2 Å². The SMILES string of the molecule is CN(Cc1ccccc1F)C(=O)CCc1nc(-c2cccs2)no1. The predicted octanol–water partition coefficient (Wildman–Crippen LogP) is 3.53. The Labute approximate surface area is 142 Å². The highest BCUT2D eigenvalue weighted by molar-refractivity contribution is 7.13. The molecule has 2 aromatic heterocycles. The van der Waals surface area contributed by atoms with Crippen LogP contribution in [0.25, 0.3) is 10.7 Å². The summed E-state index contributed by atoms with van der Waals surface area (Å²) in [5.74, 6) is 0.543. The average Bonchev–Trinajstić information content (AvgIpc) is 3.25. The molecule has 5 nitrogen and oxygen atoms in total. The molecule has 7 heteroatoms. The van der Waals surface area contributed by atoms with Crippen molar-refractivity contribution < 1.29 is 13.7 Å². The Morgan fingerprint density at radius 3 is 2.88 bits per heavy atom. The van der Waals surface area contributed by atoms with Gasteiger partial charge >= 0.3 is 0 Å². The molecule has 24 heavy (non-hydrogen) atoms. The zero-order chi connectivity index (χ0) is 16.9. The van der Waals surface area contributed by atoms with E-state index in [1.807, 2.05) is 17.5 Å². The van der Waals surface area contributed by atoms with Crippen molar-refractivity contribution in [1.29, 1.82) is 0 Å². The number of carbonyl (C=O) groups is 1. The van der Waals surface area contributed by atoms with Gasteiger partial charge in [-0.15, -0.1) is 11.3 Å². The minimum atomic E-state index is -0.311. The summed E-state index contributed by atoms with van der Waals surface area (Å²) in [6.07, 6.45) is 0.593. The number of hydrogen-bond acceptors (Lipinski definition) is 5. The first-order chi connectivity index (χ1) is 11.6. The van der Waals surface area contributed by atoms with E-state index in [0.29, 0.717) is 23.7 Å². The molecular weight excluding hydrogens is 329 g/mol. The summed E-state index contributed by atoms with van der Waals surface area (Å²) < 4.78 is 18.8. The van der Waals surface area contributed by atoms with E-state index in [0.717, 1.165) is 4.88 Å². The molecule has 0 radical (unpaired) electrons. The molecule has 0 aliphatic rings. The summed E-state index contributed by atoms with van der Waals surface area (Å²) in [5.41, 5.74) is 0.492. The van der Waals surface area contributed by atoms with E-state index in [1.165, 1.54) is 22.3 Å². The number of benzene rings is 1. The molecule has 0 unspecified atom stereocenters. The van der Waals surface area contributed by atoms with Gasteiger partial charge in [-0.05, 0) is 17.5 Å². The average molecular weight is 345 g/mol. The normalized spacial score (nSPS) is 10.8. The van der Waals surface area contributed by atoms with Crippen molar-refractivity contribution in [2.75, 3.05) is 7.05 Å². The number of aromatic nitrogens is 2. The Balaban J connectivity index is 1.54. The van der Waals surface area contributed by atoms with Gasteiger partial charge in [0.25, 0.3) is 0 Å². The van der Waals surface area contributed by atoms with Crippen LogP contribution in [0.2, 0.25) is 0 Å². The Bertz CT molecular complexity index is 817. The van der Waals surface area contributed by atoms with Crippen LogP contribution in [0, 0.1) is 5.82 Å². The number of thiophene rings is 1. The first kappa shape index (κ1) is 16.3. The molecule has 0 N–H and O–H groups in total. The lowest BCUT2D eigenvalue weighted by Crippen LogP contribution is -2.26. The zero-order valence-electron chi connectivity index (χ0n) is 13.1. The second kappa shape index (κ2) is 7.35.